The summed E-state index contributed by atoms with van der Waals surface area (Å²) in [6.45, 7) is 1.84. The third-order valence-electron chi connectivity index (χ3n) is 3.67. The number of rotatable bonds is 3. The lowest BCUT2D eigenvalue weighted by Crippen LogP contribution is -2.16. The molecule has 0 aliphatic rings. The molecule has 1 amide bonds. The van der Waals surface area contributed by atoms with Gasteiger partial charge in [0.05, 0.1) is 29.4 Å². The van der Waals surface area contributed by atoms with Crippen molar-refractivity contribution in [3.63, 3.8) is 0 Å². The van der Waals surface area contributed by atoms with Crippen LogP contribution in [-0.4, -0.2) is 24.0 Å². The first kappa shape index (κ1) is 15.7. The average molecular weight is 320 g/mol. The number of aromatic nitrogens is 1. The van der Waals surface area contributed by atoms with Crippen LogP contribution in [0.3, 0.4) is 0 Å². The molecule has 0 aliphatic carbocycles. The summed E-state index contributed by atoms with van der Waals surface area (Å²) in [7, 11) is 1.31. The zero-order chi connectivity index (χ0) is 17.1. The molecular formula is C19H16N2O3. The topological polar surface area (TPSA) is 68.3 Å². The molecule has 2 aromatic carbocycles. The molecule has 5 heteroatoms. The lowest BCUT2D eigenvalue weighted by atomic mass is 10.1. The molecule has 0 spiro atoms. The van der Waals surface area contributed by atoms with Crippen LogP contribution in [0.5, 0.6) is 0 Å². The number of ether oxygens (including phenoxy) is 1. The summed E-state index contributed by atoms with van der Waals surface area (Å²) in [5, 5.41) is 3.55. The Balaban J connectivity index is 2.02. The van der Waals surface area contributed by atoms with Crippen LogP contribution >= 0.6 is 0 Å². The number of anilines is 1. The normalized spacial score (nSPS) is 10.4. The molecule has 1 N–H and O–H groups in total. The summed E-state index contributed by atoms with van der Waals surface area (Å²) in [6.07, 6.45) is 0. The number of aryl methyl sites for hydroxylation is 1. The summed E-state index contributed by atoms with van der Waals surface area (Å²) in [5.74, 6) is -0.797. The van der Waals surface area contributed by atoms with E-state index in [1.165, 1.54) is 7.11 Å². The zero-order valence-electron chi connectivity index (χ0n) is 13.4. The van der Waals surface area contributed by atoms with E-state index in [9.17, 15) is 9.59 Å². The highest BCUT2D eigenvalue weighted by atomic mass is 16.5. The maximum absolute atomic E-state index is 12.8. The van der Waals surface area contributed by atoms with Crippen LogP contribution in [0.4, 0.5) is 5.69 Å². The number of pyridine rings is 1. The van der Waals surface area contributed by atoms with Crippen LogP contribution in [0.2, 0.25) is 0 Å². The second-order valence-corrected chi connectivity index (χ2v) is 5.32. The Kier molecular flexibility index (Phi) is 4.24. The van der Waals surface area contributed by atoms with Crippen LogP contribution < -0.4 is 5.32 Å². The molecule has 0 saturated heterocycles. The van der Waals surface area contributed by atoms with Gasteiger partial charge in [-0.15, -0.1) is 0 Å². The van der Waals surface area contributed by atoms with Crippen LogP contribution in [-0.2, 0) is 4.74 Å². The monoisotopic (exact) mass is 320 g/mol. The molecule has 0 unspecified atom stereocenters. The van der Waals surface area contributed by atoms with E-state index < -0.39 is 5.97 Å². The van der Waals surface area contributed by atoms with Gasteiger partial charge in [-0.3, -0.25) is 9.78 Å². The highest BCUT2D eigenvalue weighted by Crippen LogP contribution is 2.21. The number of hydrogen-bond donors (Lipinski definition) is 1. The van der Waals surface area contributed by atoms with Gasteiger partial charge >= 0.3 is 5.97 Å². The number of carbonyl (C=O) groups is 2. The third kappa shape index (κ3) is 2.96. The molecule has 1 heterocycles. The Morgan fingerprint density at radius 1 is 1.00 bits per heavy atom. The van der Waals surface area contributed by atoms with E-state index in [1.807, 2.05) is 31.2 Å². The quantitative estimate of drug-likeness (QED) is 0.749. The van der Waals surface area contributed by atoms with Gasteiger partial charge in [0.2, 0.25) is 0 Å². The van der Waals surface area contributed by atoms with Crippen LogP contribution in [0.25, 0.3) is 10.9 Å². The molecule has 0 aliphatic heterocycles. The van der Waals surface area contributed by atoms with E-state index in [0.29, 0.717) is 16.8 Å². The predicted molar refractivity (Wildman–Crippen MR) is 92.2 cm³/mol. The Labute approximate surface area is 139 Å². The van der Waals surface area contributed by atoms with Crippen molar-refractivity contribution in [1.29, 1.82) is 0 Å². The number of methoxy groups -OCH3 is 1. The Hall–Kier alpha value is -3.21. The number of para-hydroxylation sites is 2. The van der Waals surface area contributed by atoms with E-state index in [0.717, 1.165) is 16.6 Å². The number of benzene rings is 2. The molecule has 120 valence electrons. The van der Waals surface area contributed by atoms with Gasteiger partial charge in [0.25, 0.3) is 5.91 Å². The Bertz CT molecular complexity index is 935. The van der Waals surface area contributed by atoms with Gasteiger partial charge in [-0.1, -0.05) is 30.3 Å². The van der Waals surface area contributed by atoms with E-state index in [1.54, 1.807) is 30.3 Å². The van der Waals surface area contributed by atoms with Gasteiger partial charge in [-0.2, -0.15) is 0 Å². The third-order valence-corrected chi connectivity index (χ3v) is 3.67. The minimum absolute atomic E-state index is 0.298. The molecule has 24 heavy (non-hydrogen) atoms. The number of esters is 1. The van der Waals surface area contributed by atoms with Crippen molar-refractivity contribution in [2.45, 2.75) is 6.92 Å². The maximum atomic E-state index is 12.8. The molecule has 3 aromatic rings. The summed E-state index contributed by atoms with van der Waals surface area (Å²) in [6, 6.07) is 15.9. The van der Waals surface area contributed by atoms with Crippen LogP contribution in [0.15, 0.2) is 54.6 Å². The number of nitrogens with zero attached hydrogens (tertiary/aromatic N) is 1. The van der Waals surface area contributed by atoms with Gasteiger partial charge in [-0.05, 0) is 31.2 Å². The second kappa shape index (κ2) is 6.50. The van der Waals surface area contributed by atoms with Crippen LogP contribution in [0.1, 0.15) is 26.4 Å². The molecule has 1 aromatic heterocycles. The number of nitrogens with one attached hydrogen (secondary N) is 1. The van der Waals surface area contributed by atoms with E-state index in [4.69, 9.17) is 4.74 Å². The van der Waals surface area contributed by atoms with Crippen molar-refractivity contribution in [2.24, 2.45) is 0 Å². The van der Waals surface area contributed by atoms with Gasteiger partial charge in [0, 0.05) is 11.1 Å². The molecule has 3 rings (SSSR count). The zero-order valence-corrected chi connectivity index (χ0v) is 13.4. The smallest absolute Gasteiger partial charge is 0.339 e. The van der Waals surface area contributed by atoms with Crippen molar-refractivity contribution in [3.05, 3.63) is 71.4 Å². The summed E-state index contributed by atoms with van der Waals surface area (Å²) < 4.78 is 4.75. The molecule has 0 radical (unpaired) electrons. The van der Waals surface area contributed by atoms with E-state index >= 15 is 0 Å². The predicted octanol–water partition coefficient (Wildman–Crippen LogP) is 3.58. The number of fused-ring (bicyclic) bond motifs is 1. The highest BCUT2D eigenvalue weighted by molar-refractivity contribution is 6.14. The van der Waals surface area contributed by atoms with Gasteiger partial charge in [-0.25, -0.2) is 4.79 Å². The van der Waals surface area contributed by atoms with E-state index in [2.05, 4.69) is 10.3 Å². The fraction of sp³-hybridized carbons (Fsp3) is 0.105. The maximum Gasteiger partial charge on any atom is 0.339 e. The van der Waals surface area contributed by atoms with E-state index in [-0.39, 0.29) is 5.91 Å². The molecule has 0 atom stereocenters. The molecular weight excluding hydrogens is 304 g/mol. The minimum Gasteiger partial charge on any atom is -0.465 e. The first-order chi connectivity index (χ1) is 11.6. The number of hydrogen-bond acceptors (Lipinski definition) is 4. The Morgan fingerprint density at radius 2 is 1.71 bits per heavy atom. The molecule has 0 fully saturated rings. The number of carbonyl (C=O) groups excluding carboxylic acids is 2. The molecule has 0 saturated carbocycles. The van der Waals surface area contributed by atoms with Crippen molar-refractivity contribution >= 4 is 28.5 Å². The van der Waals surface area contributed by atoms with Gasteiger partial charge in [0.1, 0.15) is 0 Å². The van der Waals surface area contributed by atoms with Crippen molar-refractivity contribution < 1.29 is 14.3 Å². The minimum atomic E-state index is -0.498. The summed E-state index contributed by atoms with van der Waals surface area (Å²) in [4.78, 5) is 29.0. The lowest BCUT2D eigenvalue weighted by molar-refractivity contribution is 0.0602. The van der Waals surface area contributed by atoms with Gasteiger partial charge in [0.15, 0.2) is 0 Å². The summed E-state index contributed by atoms with van der Waals surface area (Å²) >= 11 is 0. The average Bonchev–Trinajstić information content (AvgIpc) is 2.60. The van der Waals surface area contributed by atoms with Crippen LogP contribution in [0, 0.1) is 6.92 Å². The first-order valence-corrected chi connectivity index (χ1v) is 7.45. The first-order valence-electron chi connectivity index (χ1n) is 7.45. The fourth-order valence-corrected chi connectivity index (χ4v) is 2.57. The van der Waals surface area contributed by atoms with Crippen molar-refractivity contribution in [3.8, 4) is 0 Å². The van der Waals surface area contributed by atoms with Crippen molar-refractivity contribution in [2.75, 3.05) is 12.4 Å². The number of amides is 1. The standard InChI is InChI=1S/C19H16N2O3/c1-12-11-15(13-7-3-5-9-16(13)20-12)18(22)21-17-10-6-4-8-14(17)19(23)24-2/h3-11H,1-2H3,(H,21,22). The molecule has 0 bridgehead atoms. The fourth-order valence-electron chi connectivity index (χ4n) is 2.57. The summed E-state index contributed by atoms with van der Waals surface area (Å²) in [5.41, 5.74) is 2.73. The van der Waals surface area contributed by atoms with Gasteiger partial charge < -0.3 is 10.1 Å². The lowest BCUT2D eigenvalue weighted by Gasteiger charge is -2.11. The largest absolute Gasteiger partial charge is 0.465 e. The molecule has 5 nitrogen and oxygen atoms in total. The highest BCUT2D eigenvalue weighted by Gasteiger charge is 2.16. The second-order valence-electron chi connectivity index (χ2n) is 5.32. The van der Waals surface area contributed by atoms with Crippen molar-refractivity contribution in [1.82, 2.24) is 4.98 Å². The SMILES string of the molecule is COC(=O)c1ccccc1NC(=O)c1cc(C)nc2ccccc12. The Morgan fingerprint density at radius 3 is 2.50 bits per heavy atom.